The largest absolute Gasteiger partial charge is 0.333 e. The minimum atomic E-state index is 0.858. The molecule has 4 N–H and O–H groups in total. The van der Waals surface area contributed by atoms with E-state index in [2.05, 4.69) is 40.0 Å². The fraction of sp³-hybridized carbons (Fsp3) is 0.905. The summed E-state index contributed by atoms with van der Waals surface area (Å²) >= 11 is 0. The van der Waals surface area contributed by atoms with Crippen molar-refractivity contribution in [2.45, 2.75) is 105 Å². The molecule has 2 heteroatoms. The van der Waals surface area contributed by atoms with Crippen molar-refractivity contribution in [1.82, 2.24) is 0 Å². The lowest BCUT2D eigenvalue weighted by atomic mass is 10.0. The zero-order valence-electron chi connectivity index (χ0n) is 17.1. The summed E-state index contributed by atoms with van der Waals surface area (Å²) < 4.78 is 0. The first-order chi connectivity index (χ1) is 11.1. The Balaban J connectivity index is -0.000000324. The molecule has 0 aromatic heterocycles. The van der Waals surface area contributed by atoms with E-state index in [-0.39, 0.29) is 0 Å². The zero-order chi connectivity index (χ0) is 18.3. The van der Waals surface area contributed by atoms with Crippen molar-refractivity contribution < 1.29 is 0 Å². The monoisotopic (exact) mass is 328 g/mol. The van der Waals surface area contributed by atoms with Crippen LogP contribution in [-0.4, -0.2) is 13.6 Å². The Morgan fingerprint density at radius 2 is 1.39 bits per heavy atom. The van der Waals surface area contributed by atoms with Crippen molar-refractivity contribution in [3.8, 4) is 0 Å². The van der Waals surface area contributed by atoms with E-state index >= 15 is 0 Å². The van der Waals surface area contributed by atoms with Gasteiger partial charge >= 0.3 is 0 Å². The van der Waals surface area contributed by atoms with Crippen molar-refractivity contribution >= 4 is 0 Å². The van der Waals surface area contributed by atoms with Gasteiger partial charge in [-0.1, -0.05) is 84.1 Å². The predicted octanol–water partition coefficient (Wildman–Crippen LogP) is 6.44. The maximum Gasteiger partial charge on any atom is -0.00773 e. The van der Waals surface area contributed by atoms with Gasteiger partial charge < -0.3 is 11.5 Å². The summed E-state index contributed by atoms with van der Waals surface area (Å²) in [6.07, 6.45) is 16.2. The number of allylic oxidation sites excluding steroid dienone is 1. The van der Waals surface area contributed by atoms with Crippen molar-refractivity contribution in [2.24, 2.45) is 17.4 Å². The normalized spacial score (nSPS) is 10.9. The second kappa shape index (κ2) is 26.6. The molecule has 0 bridgehead atoms. The van der Waals surface area contributed by atoms with Crippen molar-refractivity contribution in [3.63, 3.8) is 0 Å². The Morgan fingerprint density at radius 3 is 1.83 bits per heavy atom. The highest BCUT2D eigenvalue weighted by Gasteiger charge is 1.96. The van der Waals surface area contributed by atoms with Gasteiger partial charge in [-0.2, -0.15) is 0 Å². The molecule has 1 atom stereocenters. The van der Waals surface area contributed by atoms with E-state index in [1.165, 1.54) is 89.7 Å². The van der Waals surface area contributed by atoms with Crippen LogP contribution in [0.3, 0.4) is 0 Å². The van der Waals surface area contributed by atoms with Gasteiger partial charge in [-0.3, -0.25) is 0 Å². The lowest BCUT2D eigenvalue weighted by Crippen LogP contribution is -1.99. The van der Waals surface area contributed by atoms with Gasteiger partial charge in [-0.05, 0) is 45.7 Å². The Kier molecular flexibility index (Phi) is 31.8. The Morgan fingerprint density at radius 1 is 0.870 bits per heavy atom. The molecule has 2 nitrogen and oxygen atoms in total. The van der Waals surface area contributed by atoms with Crippen LogP contribution in [0.1, 0.15) is 105 Å². The van der Waals surface area contributed by atoms with E-state index in [9.17, 15) is 0 Å². The van der Waals surface area contributed by atoms with Crippen molar-refractivity contribution in [2.75, 3.05) is 13.6 Å². The fourth-order valence-corrected chi connectivity index (χ4v) is 2.23. The van der Waals surface area contributed by atoms with E-state index in [1.807, 2.05) is 0 Å². The Bertz CT molecular complexity index is 202. The topological polar surface area (TPSA) is 52.0 Å². The van der Waals surface area contributed by atoms with Crippen LogP contribution in [0.15, 0.2) is 12.2 Å². The third-order valence-corrected chi connectivity index (χ3v) is 4.06. The standard InChI is InChI=1S/C12H24.C8H19N.CH5N/c1-4-5-6-7-8-9-10-11-12(2)3;1-3-8(2)6-4-5-7-9;1-2/h2,4-11H2,1,3H3;8H,3-7,9H2,1-2H3;2H2,1H3. The first-order valence-electron chi connectivity index (χ1n) is 10.0. The molecule has 1 unspecified atom stereocenters. The van der Waals surface area contributed by atoms with Crippen LogP contribution in [0.4, 0.5) is 0 Å². The van der Waals surface area contributed by atoms with Gasteiger partial charge in [0.15, 0.2) is 0 Å². The molecule has 0 fully saturated rings. The minimum absolute atomic E-state index is 0.858. The lowest BCUT2D eigenvalue weighted by molar-refractivity contribution is 0.487. The number of nitrogens with two attached hydrogens (primary N) is 2. The summed E-state index contributed by atoms with van der Waals surface area (Å²) in [6, 6.07) is 0. The molecule has 0 saturated heterocycles. The summed E-state index contributed by atoms with van der Waals surface area (Å²) in [6.45, 7) is 13.7. The molecule has 0 aliphatic rings. The van der Waals surface area contributed by atoms with E-state index in [0.717, 1.165) is 12.5 Å². The van der Waals surface area contributed by atoms with Gasteiger partial charge in [0.25, 0.3) is 0 Å². The van der Waals surface area contributed by atoms with Gasteiger partial charge in [0.2, 0.25) is 0 Å². The summed E-state index contributed by atoms with van der Waals surface area (Å²) in [7, 11) is 1.50. The highest BCUT2D eigenvalue weighted by molar-refractivity contribution is 4.86. The predicted molar refractivity (Wildman–Crippen MR) is 110 cm³/mol. The summed E-state index contributed by atoms with van der Waals surface area (Å²) in [5.41, 5.74) is 11.2. The molecule has 0 aromatic rings. The van der Waals surface area contributed by atoms with E-state index < -0.39 is 0 Å². The summed E-state index contributed by atoms with van der Waals surface area (Å²) in [4.78, 5) is 0. The zero-order valence-corrected chi connectivity index (χ0v) is 17.1. The van der Waals surface area contributed by atoms with Crippen molar-refractivity contribution in [3.05, 3.63) is 12.2 Å². The summed E-state index contributed by atoms with van der Waals surface area (Å²) in [5, 5.41) is 0. The number of hydrogen-bond acceptors (Lipinski definition) is 2. The molecule has 0 spiro atoms. The van der Waals surface area contributed by atoms with Crippen LogP contribution in [0.25, 0.3) is 0 Å². The second-order valence-electron chi connectivity index (χ2n) is 6.63. The molecular weight excluding hydrogens is 280 g/mol. The SMILES string of the molecule is C=C(C)CCCCCCCCC.CCC(C)CCCCN.CN. The molecule has 142 valence electrons. The lowest BCUT2D eigenvalue weighted by Gasteiger charge is -2.05. The third-order valence-electron chi connectivity index (χ3n) is 4.06. The number of unbranched alkanes of at least 4 members (excludes halogenated alkanes) is 7. The van der Waals surface area contributed by atoms with Crippen molar-refractivity contribution in [1.29, 1.82) is 0 Å². The quantitative estimate of drug-likeness (QED) is 0.302. The maximum absolute atomic E-state index is 5.36. The first-order valence-corrected chi connectivity index (χ1v) is 10.0. The van der Waals surface area contributed by atoms with Gasteiger partial charge in [0.1, 0.15) is 0 Å². The number of hydrogen-bond donors (Lipinski definition) is 2. The van der Waals surface area contributed by atoms with Gasteiger partial charge in [-0.15, -0.1) is 6.58 Å². The highest BCUT2D eigenvalue weighted by Crippen LogP contribution is 2.11. The van der Waals surface area contributed by atoms with Gasteiger partial charge in [0.05, 0.1) is 0 Å². The summed E-state index contributed by atoms with van der Waals surface area (Å²) in [5.74, 6) is 0.900. The van der Waals surface area contributed by atoms with Crippen LogP contribution >= 0.6 is 0 Å². The molecule has 23 heavy (non-hydrogen) atoms. The highest BCUT2D eigenvalue weighted by atomic mass is 14.5. The van der Waals surface area contributed by atoms with Gasteiger partial charge in [-0.25, -0.2) is 0 Å². The second-order valence-corrected chi connectivity index (χ2v) is 6.63. The van der Waals surface area contributed by atoms with Crippen LogP contribution in [0, 0.1) is 5.92 Å². The van der Waals surface area contributed by atoms with E-state index in [1.54, 1.807) is 0 Å². The fourth-order valence-electron chi connectivity index (χ4n) is 2.23. The molecule has 0 radical (unpaired) electrons. The molecule has 0 aliphatic heterocycles. The number of rotatable bonds is 13. The average Bonchev–Trinajstić information content (AvgIpc) is 2.56. The van der Waals surface area contributed by atoms with E-state index in [0.29, 0.717) is 0 Å². The Hall–Kier alpha value is -0.340. The van der Waals surface area contributed by atoms with Crippen LogP contribution in [-0.2, 0) is 0 Å². The molecule has 0 amide bonds. The molecular formula is C21H48N2. The molecule has 0 saturated carbocycles. The molecule has 0 aliphatic carbocycles. The van der Waals surface area contributed by atoms with Gasteiger partial charge in [0, 0.05) is 0 Å². The first kappa shape index (κ1) is 27.5. The molecule has 0 heterocycles. The smallest absolute Gasteiger partial charge is 0.00773 e. The molecule has 0 aromatic carbocycles. The maximum atomic E-state index is 5.36. The Labute approximate surface area is 148 Å². The third kappa shape index (κ3) is 34.1. The molecule has 0 rings (SSSR count). The van der Waals surface area contributed by atoms with Crippen LogP contribution in [0.2, 0.25) is 0 Å². The average molecular weight is 329 g/mol. The minimum Gasteiger partial charge on any atom is -0.333 e. The van der Waals surface area contributed by atoms with Crippen LogP contribution < -0.4 is 11.5 Å². The van der Waals surface area contributed by atoms with Crippen LogP contribution in [0.5, 0.6) is 0 Å². The van der Waals surface area contributed by atoms with E-state index in [4.69, 9.17) is 5.73 Å².